The Labute approximate surface area is 149 Å². The molecule has 24 heavy (non-hydrogen) atoms. The first-order chi connectivity index (χ1) is 11.3. The average Bonchev–Trinajstić information content (AvgIpc) is 2.66. The third kappa shape index (κ3) is 3.53. The summed E-state index contributed by atoms with van der Waals surface area (Å²) in [6, 6.07) is 6.96. The van der Waals surface area contributed by atoms with Crippen LogP contribution in [-0.2, 0) is 14.8 Å². The maximum absolute atomic E-state index is 13.2. The quantitative estimate of drug-likeness (QED) is 0.799. The van der Waals surface area contributed by atoms with Crippen LogP contribution in [0.4, 0.5) is 0 Å². The fourth-order valence-corrected chi connectivity index (χ4v) is 5.48. The molecule has 1 N–H and O–H groups in total. The SMILES string of the molecule is CCNCC1=C(c2ccc(Cl)cc2)S(=O)(=O)N(CCOC)C1(C)C. The lowest BCUT2D eigenvalue weighted by Gasteiger charge is -2.32. The Morgan fingerprint density at radius 3 is 2.42 bits per heavy atom. The van der Waals surface area contributed by atoms with Gasteiger partial charge in [-0.2, -0.15) is 4.31 Å². The van der Waals surface area contributed by atoms with Crippen molar-refractivity contribution in [2.75, 3.05) is 33.4 Å². The molecule has 0 saturated carbocycles. The molecule has 1 aliphatic heterocycles. The minimum absolute atomic E-state index is 0.318. The van der Waals surface area contributed by atoms with Crippen LogP contribution in [0.15, 0.2) is 29.8 Å². The lowest BCUT2D eigenvalue weighted by atomic mass is 9.91. The fourth-order valence-electron chi connectivity index (χ4n) is 3.04. The molecular weight excluding hydrogens is 348 g/mol. The maximum atomic E-state index is 13.2. The molecular formula is C17H25ClN2O3S. The number of likely N-dealkylation sites (N-methyl/N-ethyl adjacent to an activating group) is 1. The molecule has 0 amide bonds. The van der Waals surface area contributed by atoms with Gasteiger partial charge in [0.15, 0.2) is 0 Å². The molecule has 7 heteroatoms. The first kappa shape index (κ1) is 19.4. The zero-order chi connectivity index (χ0) is 18.0. The molecule has 134 valence electrons. The summed E-state index contributed by atoms with van der Waals surface area (Å²) in [4.78, 5) is 0.376. The van der Waals surface area contributed by atoms with Crippen LogP contribution in [0, 0.1) is 0 Å². The van der Waals surface area contributed by atoms with E-state index in [0.717, 1.165) is 12.1 Å². The third-order valence-electron chi connectivity index (χ3n) is 4.34. The van der Waals surface area contributed by atoms with Crippen molar-refractivity contribution >= 4 is 26.5 Å². The van der Waals surface area contributed by atoms with Crippen LogP contribution < -0.4 is 5.32 Å². The molecule has 1 aromatic carbocycles. The number of methoxy groups -OCH3 is 1. The van der Waals surface area contributed by atoms with Gasteiger partial charge in [0.05, 0.1) is 17.1 Å². The first-order valence-corrected chi connectivity index (χ1v) is 9.80. The standard InChI is InChI=1S/C17H25ClN2O3S/c1-5-19-12-15-16(13-6-8-14(18)9-7-13)24(21,22)20(10-11-23-4)17(15,2)3/h6-9,19H,5,10-12H2,1-4H3. The molecule has 0 atom stereocenters. The second kappa shape index (κ2) is 7.54. The summed E-state index contributed by atoms with van der Waals surface area (Å²) in [5.74, 6) is 0. The highest BCUT2D eigenvalue weighted by molar-refractivity contribution is 7.98. The summed E-state index contributed by atoms with van der Waals surface area (Å²) >= 11 is 5.96. The molecule has 0 spiro atoms. The van der Waals surface area contributed by atoms with Crippen LogP contribution in [-0.4, -0.2) is 51.6 Å². The molecule has 1 aliphatic rings. The van der Waals surface area contributed by atoms with Gasteiger partial charge >= 0.3 is 0 Å². The molecule has 1 heterocycles. The van der Waals surface area contributed by atoms with E-state index in [0.29, 0.717) is 35.2 Å². The zero-order valence-electron chi connectivity index (χ0n) is 14.6. The number of ether oxygens (including phenoxy) is 1. The van der Waals surface area contributed by atoms with Crippen molar-refractivity contribution in [1.82, 2.24) is 9.62 Å². The Kier molecular flexibility index (Phi) is 6.09. The molecule has 2 rings (SSSR count). The molecule has 0 aromatic heterocycles. The van der Waals surface area contributed by atoms with E-state index in [2.05, 4.69) is 5.32 Å². The van der Waals surface area contributed by atoms with E-state index in [1.165, 1.54) is 4.31 Å². The van der Waals surface area contributed by atoms with Crippen LogP contribution in [0.5, 0.6) is 0 Å². The van der Waals surface area contributed by atoms with Crippen molar-refractivity contribution in [1.29, 1.82) is 0 Å². The normalized spacial score (nSPS) is 19.9. The molecule has 0 bridgehead atoms. The average molecular weight is 373 g/mol. The number of hydrogen-bond acceptors (Lipinski definition) is 4. The Bertz CT molecular complexity index is 712. The van der Waals surface area contributed by atoms with Crippen molar-refractivity contribution in [3.8, 4) is 0 Å². The van der Waals surface area contributed by atoms with Gasteiger partial charge in [-0.3, -0.25) is 0 Å². The smallest absolute Gasteiger partial charge is 0.244 e. The van der Waals surface area contributed by atoms with Crippen molar-refractivity contribution in [2.24, 2.45) is 0 Å². The van der Waals surface area contributed by atoms with Crippen LogP contribution in [0.3, 0.4) is 0 Å². The second-order valence-electron chi connectivity index (χ2n) is 6.22. The van der Waals surface area contributed by atoms with Crippen molar-refractivity contribution < 1.29 is 13.2 Å². The highest BCUT2D eigenvalue weighted by atomic mass is 35.5. The Morgan fingerprint density at radius 1 is 1.25 bits per heavy atom. The lowest BCUT2D eigenvalue weighted by molar-refractivity contribution is 0.156. The van der Waals surface area contributed by atoms with Crippen molar-refractivity contribution in [3.05, 3.63) is 40.4 Å². The van der Waals surface area contributed by atoms with Crippen molar-refractivity contribution in [2.45, 2.75) is 26.3 Å². The largest absolute Gasteiger partial charge is 0.383 e. The molecule has 5 nitrogen and oxygen atoms in total. The second-order valence-corrected chi connectivity index (χ2v) is 8.46. The summed E-state index contributed by atoms with van der Waals surface area (Å²) in [5.41, 5.74) is 0.914. The van der Waals surface area contributed by atoms with Gasteiger partial charge < -0.3 is 10.1 Å². The van der Waals surface area contributed by atoms with Crippen LogP contribution in [0.2, 0.25) is 5.02 Å². The first-order valence-electron chi connectivity index (χ1n) is 7.98. The molecule has 0 saturated heterocycles. The summed E-state index contributed by atoms with van der Waals surface area (Å²) in [6.45, 7) is 7.84. The number of benzene rings is 1. The molecule has 0 radical (unpaired) electrons. The third-order valence-corrected chi connectivity index (χ3v) is 6.81. The Hall–Kier alpha value is -0.920. The van der Waals surface area contributed by atoms with E-state index in [1.807, 2.05) is 20.8 Å². The van der Waals surface area contributed by atoms with E-state index in [4.69, 9.17) is 16.3 Å². The summed E-state index contributed by atoms with van der Waals surface area (Å²) < 4.78 is 33.1. The summed E-state index contributed by atoms with van der Waals surface area (Å²) in [7, 11) is -2.03. The fraction of sp³-hybridized carbons (Fsp3) is 0.529. The highest BCUT2D eigenvalue weighted by Gasteiger charge is 2.49. The van der Waals surface area contributed by atoms with Gasteiger partial charge in [0.1, 0.15) is 0 Å². The molecule has 0 aliphatic carbocycles. The minimum atomic E-state index is -3.60. The van der Waals surface area contributed by atoms with E-state index in [1.54, 1.807) is 31.4 Å². The Balaban J connectivity index is 2.59. The zero-order valence-corrected chi connectivity index (χ0v) is 16.2. The van der Waals surface area contributed by atoms with Gasteiger partial charge in [0, 0.05) is 25.2 Å². The van der Waals surface area contributed by atoms with Crippen LogP contribution in [0.25, 0.3) is 4.91 Å². The number of halogens is 1. The number of nitrogens with zero attached hydrogens (tertiary/aromatic N) is 1. The van der Waals surface area contributed by atoms with Crippen molar-refractivity contribution in [3.63, 3.8) is 0 Å². The van der Waals surface area contributed by atoms with Crippen LogP contribution in [0.1, 0.15) is 26.3 Å². The van der Waals surface area contributed by atoms with Gasteiger partial charge in [0.25, 0.3) is 0 Å². The molecule has 1 aromatic rings. The van der Waals surface area contributed by atoms with E-state index >= 15 is 0 Å². The maximum Gasteiger partial charge on any atom is 0.244 e. The number of hydrogen-bond donors (Lipinski definition) is 1. The predicted octanol–water partition coefficient (Wildman–Crippen LogP) is 2.73. The van der Waals surface area contributed by atoms with Crippen LogP contribution >= 0.6 is 11.6 Å². The van der Waals surface area contributed by atoms with Gasteiger partial charge in [-0.1, -0.05) is 30.7 Å². The number of rotatable bonds is 7. The Morgan fingerprint density at radius 2 is 1.88 bits per heavy atom. The minimum Gasteiger partial charge on any atom is -0.383 e. The molecule has 0 fully saturated rings. The van der Waals surface area contributed by atoms with Gasteiger partial charge in [-0.05, 0) is 43.7 Å². The summed E-state index contributed by atoms with van der Waals surface area (Å²) in [6.07, 6.45) is 0. The lowest BCUT2D eigenvalue weighted by Crippen LogP contribution is -2.46. The summed E-state index contributed by atoms with van der Waals surface area (Å²) in [5, 5.41) is 3.85. The van der Waals surface area contributed by atoms with E-state index < -0.39 is 15.6 Å². The number of sulfonamides is 1. The van der Waals surface area contributed by atoms with Gasteiger partial charge in [-0.15, -0.1) is 0 Å². The topological polar surface area (TPSA) is 58.6 Å². The van der Waals surface area contributed by atoms with E-state index in [-0.39, 0.29) is 0 Å². The monoisotopic (exact) mass is 372 g/mol. The van der Waals surface area contributed by atoms with E-state index in [9.17, 15) is 8.42 Å². The molecule has 0 unspecified atom stereocenters. The predicted molar refractivity (Wildman–Crippen MR) is 98.5 cm³/mol. The highest BCUT2D eigenvalue weighted by Crippen LogP contribution is 2.44. The van der Waals surface area contributed by atoms with Gasteiger partial charge in [-0.25, -0.2) is 8.42 Å². The number of nitrogens with one attached hydrogen (secondary N) is 1. The van der Waals surface area contributed by atoms with Gasteiger partial charge in [0.2, 0.25) is 10.0 Å².